The number of carboxylic acids is 4. The van der Waals surface area contributed by atoms with Gasteiger partial charge in [0, 0.05) is 59.0 Å². The first-order chi connectivity index (χ1) is 25.0. The minimum Gasteiger partial charge on any atom is -0.491 e. The lowest BCUT2D eigenvalue weighted by Gasteiger charge is -2.39. The lowest BCUT2D eigenvalue weighted by Crippen LogP contribution is -2.57. The van der Waals surface area contributed by atoms with Gasteiger partial charge in [0.05, 0.1) is 39.6 Å². The third-order valence-electron chi connectivity index (χ3n) is 9.06. The van der Waals surface area contributed by atoms with Gasteiger partial charge in [0.2, 0.25) is 0 Å². The average Bonchev–Trinajstić information content (AvgIpc) is 3.10. The first-order valence-electron chi connectivity index (χ1n) is 17.5. The van der Waals surface area contributed by atoms with E-state index in [1.54, 1.807) is 4.90 Å². The van der Waals surface area contributed by atoms with Crippen molar-refractivity contribution in [3.05, 3.63) is 29.8 Å². The van der Waals surface area contributed by atoms with E-state index >= 15 is 0 Å². The van der Waals surface area contributed by atoms with Crippen molar-refractivity contribution in [1.82, 2.24) is 19.6 Å². The van der Waals surface area contributed by atoms with Gasteiger partial charge in [-0.2, -0.15) is 0 Å². The molecule has 0 unspecified atom stereocenters. The van der Waals surface area contributed by atoms with Crippen molar-refractivity contribution < 1.29 is 69.1 Å². The lowest BCUT2D eigenvalue weighted by atomic mass is 10.0. The summed E-state index contributed by atoms with van der Waals surface area (Å²) < 4.78 is 16.4. The molecule has 1 saturated heterocycles. The second kappa shape index (κ2) is 24.7. The fourth-order valence-corrected chi connectivity index (χ4v) is 6.07. The quantitative estimate of drug-likeness (QED) is 0.0627. The highest BCUT2D eigenvalue weighted by atomic mass is 16.5. The second-order valence-corrected chi connectivity index (χ2v) is 12.3. The van der Waals surface area contributed by atoms with E-state index in [-0.39, 0.29) is 58.8 Å². The van der Waals surface area contributed by atoms with E-state index in [1.807, 2.05) is 31.2 Å². The number of aliphatic hydroxyl groups is 3. The molecule has 0 bridgehead atoms. The van der Waals surface area contributed by atoms with Gasteiger partial charge < -0.3 is 50.0 Å². The Bertz CT molecular complexity index is 1170. The van der Waals surface area contributed by atoms with Gasteiger partial charge in [0.15, 0.2) is 0 Å². The van der Waals surface area contributed by atoms with E-state index in [0.29, 0.717) is 51.6 Å². The Morgan fingerprint density at radius 2 is 0.942 bits per heavy atom. The molecule has 4 atom stereocenters. The molecule has 0 radical (unpaired) electrons. The molecule has 1 heterocycles. The zero-order valence-corrected chi connectivity index (χ0v) is 29.8. The molecule has 0 spiro atoms. The van der Waals surface area contributed by atoms with Crippen LogP contribution in [0.3, 0.4) is 0 Å². The monoisotopic (exact) mass is 744 g/mol. The maximum atomic E-state index is 12.7. The van der Waals surface area contributed by atoms with Gasteiger partial charge in [0.25, 0.3) is 0 Å². The van der Waals surface area contributed by atoms with Crippen LogP contribution in [0.25, 0.3) is 0 Å². The molecular weight excluding hydrogens is 688 g/mol. The number of rotatable bonds is 23. The molecule has 1 aromatic rings. The Morgan fingerprint density at radius 3 is 1.31 bits per heavy atom. The predicted octanol–water partition coefficient (Wildman–Crippen LogP) is -1.55. The van der Waals surface area contributed by atoms with Crippen LogP contribution in [0.15, 0.2) is 24.3 Å². The third kappa shape index (κ3) is 15.3. The number of aryl methyl sites for hydroxylation is 1. The number of hydrogen-bond donors (Lipinski definition) is 7. The van der Waals surface area contributed by atoms with Crippen molar-refractivity contribution >= 4 is 23.9 Å². The molecule has 0 aliphatic carbocycles. The summed E-state index contributed by atoms with van der Waals surface area (Å²) in [6.07, 6.45) is 1.24. The Balaban J connectivity index is 2.22. The summed E-state index contributed by atoms with van der Waals surface area (Å²) in [4.78, 5) is 54.6. The van der Waals surface area contributed by atoms with Crippen LogP contribution in [0.2, 0.25) is 0 Å². The van der Waals surface area contributed by atoms with Gasteiger partial charge in [0.1, 0.15) is 36.5 Å². The molecule has 18 nitrogen and oxygen atoms in total. The molecule has 7 N–H and O–H groups in total. The summed E-state index contributed by atoms with van der Waals surface area (Å²) >= 11 is 0. The number of benzene rings is 1. The summed E-state index contributed by atoms with van der Waals surface area (Å²) in [5, 5.41) is 69.5. The van der Waals surface area contributed by atoms with Crippen LogP contribution >= 0.6 is 0 Å². The third-order valence-corrected chi connectivity index (χ3v) is 9.06. The van der Waals surface area contributed by atoms with Crippen LogP contribution in [0, 0.1) is 0 Å². The van der Waals surface area contributed by atoms with Gasteiger partial charge in [-0.1, -0.05) is 12.1 Å². The maximum absolute atomic E-state index is 12.7. The zero-order chi connectivity index (χ0) is 38.5. The SMILES string of the molecule is CCOCCOCCOc1ccc(CCC[C@@H](C(=O)O)N2CCN([C@H](CO)C(=O)O)CCN([C@H](CO)C(=O)O)CCN([C@H](CO)C(=O)O)CC2)cc1. The van der Waals surface area contributed by atoms with E-state index in [0.717, 1.165) is 5.56 Å². The molecule has 2 rings (SSSR count). The molecular formula is C34H56N4O14. The van der Waals surface area contributed by atoms with Crippen molar-refractivity contribution in [2.75, 3.05) is 105 Å². The topological polar surface area (TPSA) is 251 Å². The standard InChI is InChI=1S/C34H56N4O14/c1-2-50-18-19-51-20-21-52-26-8-6-25(7-9-26)4-3-5-27(31(42)43)35-10-12-36(28(22-39)32(44)45)14-16-38(30(24-41)34(48)49)17-15-37(13-11-35)29(23-40)33(46)47/h6-9,27-30,39-41H,2-5,10-24H2,1H3,(H,42,43)(H,44,45)(H,46,47)(H,48,49)/t27-,28+,29+,30+/m0/s1. The first kappa shape index (κ1) is 44.7. The largest absolute Gasteiger partial charge is 0.491 e. The fourth-order valence-electron chi connectivity index (χ4n) is 6.07. The summed E-state index contributed by atoms with van der Waals surface area (Å²) in [6.45, 7) is 1.81. The van der Waals surface area contributed by atoms with Crippen LogP contribution in [0.1, 0.15) is 25.3 Å². The maximum Gasteiger partial charge on any atom is 0.323 e. The second-order valence-electron chi connectivity index (χ2n) is 12.3. The van der Waals surface area contributed by atoms with Crippen LogP contribution in [-0.2, 0) is 35.1 Å². The van der Waals surface area contributed by atoms with Crippen molar-refractivity contribution in [2.45, 2.75) is 50.4 Å². The van der Waals surface area contributed by atoms with Gasteiger partial charge in [-0.15, -0.1) is 0 Å². The summed E-state index contributed by atoms with van der Waals surface area (Å²) in [5.74, 6) is -4.43. The normalized spacial score (nSPS) is 18.4. The van der Waals surface area contributed by atoms with Gasteiger partial charge >= 0.3 is 23.9 Å². The average molecular weight is 745 g/mol. The fraction of sp³-hybridized carbons (Fsp3) is 0.706. The molecule has 52 heavy (non-hydrogen) atoms. The highest BCUT2D eigenvalue weighted by Crippen LogP contribution is 2.17. The van der Waals surface area contributed by atoms with Crippen molar-refractivity contribution in [3.63, 3.8) is 0 Å². The number of nitrogens with zero attached hydrogens (tertiary/aromatic N) is 4. The van der Waals surface area contributed by atoms with E-state index in [1.165, 1.54) is 14.7 Å². The molecule has 0 amide bonds. The number of ether oxygens (including phenoxy) is 3. The van der Waals surface area contributed by atoms with E-state index in [4.69, 9.17) is 14.2 Å². The highest BCUT2D eigenvalue weighted by Gasteiger charge is 2.34. The smallest absolute Gasteiger partial charge is 0.323 e. The Labute approximate surface area is 303 Å². The zero-order valence-electron chi connectivity index (χ0n) is 29.8. The van der Waals surface area contributed by atoms with E-state index in [9.17, 15) is 54.9 Å². The summed E-state index contributed by atoms with van der Waals surface area (Å²) in [5.41, 5.74) is 0.960. The minimum atomic E-state index is -1.38. The molecule has 1 aliphatic heterocycles. The number of aliphatic hydroxyl groups excluding tert-OH is 3. The Morgan fingerprint density at radius 1 is 0.577 bits per heavy atom. The molecule has 0 saturated carbocycles. The Kier molecular flexibility index (Phi) is 21.2. The summed E-state index contributed by atoms with van der Waals surface area (Å²) in [6, 6.07) is 2.29. The first-order valence-corrected chi connectivity index (χ1v) is 17.5. The van der Waals surface area contributed by atoms with Crippen LogP contribution < -0.4 is 4.74 Å². The highest BCUT2D eigenvalue weighted by molar-refractivity contribution is 5.75. The van der Waals surface area contributed by atoms with Gasteiger partial charge in [-0.3, -0.25) is 38.8 Å². The predicted molar refractivity (Wildman–Crippen MR) is 185 cm³/mol. The molecule has 1 aliphatic rings. The van der Waals surface area contributed by atoms with Gasteiger partial charge in [-0.05, 0) is 43.9 Å². The number of carbonyl (C=O) groups is 4. The number of hydrogen-bond acceptors (Lipinski definition) is 14. The van der Waals surface area contributed by atoms with E-state index < -0.39 is 67.9 Å². The van der Waals surface area contributed by atoms with Crippen LogP contribution in [0.5, 0.6) is 5.75 Å². The molecule has 296 valence electrons. The number of carboxylic acid groups (broad SMARTS) is 4. The lowest BCUT2D eigenvalue weighted by molar-refractivity contribution is -0.149. The minimum absolute atomic E-state index is 0.0204. The molecule has 1 aromatic carbocycles. The summed E-state index contributed by atoms with van der Waals surface area (Å²) in [7, 11) is 0. The van der Waals surface area contributed by atoms with Crippen molar-refractivity contribution in [1.29, 1.82) is 0 Å². The van der Waals surface area contributed by atoms with E-state index in [2.05, 4.69) is 0 Å². The molecule has 0 aromatic heterocycles. The Hall–Kier alpha value is -3.46. The van der Waals surface area contributed by atoms with Crippen molar-refractivity contribution in [3.8, 4) is 5.75 Å². The molecule has 18 heteroatoms. The molecule has 1 fully saturated rings. The van der Waals surface area contributed by atoms with Crippen molar-refractivity contribution in [2.24, 2.45) is 0 Å². The van der Waals surface area contributed by atoms with Crippen LogP contribution in [0.4, 0.5) is 0 Å². The number of aliphatic carboxylic acids is 4. The van der Waals surface area contributed by atoms with Gasteiger partial charge in [-0.25, -0.2) is 0 Å². The van der Waals surface area contributed by atoms with Crippen LogP contribution in [-0.4, -0.2) is 209 Å².